The topological polar surface area (TPSA) is 51.8 Å². The van der Waals surface area contributed by atoms with Crippen molar-refractivity contribution in [3.05, 3.63) is 108 Å². The first-order valence-electron chi connectivity index (χ1n) is 15.1. The normalized spacial score (nSPS) is 12.1. The minimum absolute atomic E-state index is 0. The zero-order valence-electron chi connectivity index (χ0n) is 27.3. The van der Waals surface area contributed by atoms with Crippen LogP contribution >= 0.6 is 0 Å². The van der Waals surface area contributed by atoms with E-state index in [1.165, 1.54) is 10.8 Å². The smallest absolute Gasteiger partial charge is 0.216 e. The van der Waals surface area contributed by atoms with E-state index in [9.17, 15) is 4.39 Å². The van der Waals surface area contributed by atoms with Gasteiger partial charge in [-0.05, 0) is 52.5 Å². The Morgan fingerprint density at radius 1 is 0.886 bits per heavy atom. The van der Waals surface area contributed by atoms with Gasteiger partial charge in [-0.15, -0.1) is 54.1 Å². The standard InChI is InChI=1S/C19H14FN2O.C18H24NSi.Ir/c1-11(2)15-9-17(22-10-16(15)20)14-6-3-5-12-13-7-4-8-21-19(13)23-18(12)14;1-14(2)11-16-12-17(15-9-7-6-8-10-15)19-13-18(16)20(3,4)5;/h3-5,7-11H,1-2H3;6-9,12-14H,11H2,1-5H3;/q2*-1;/i11D;;. The monoisotopic (exact) mass is 781 g/mol. The molecule has 2 aromatic carbocycles. The molecule has 0 unspecified atom stereocenters. The molecule has 0 amide bonds. The van der Waals surface area contributed by atoms with E-state index in [1.807, 2.05) is 36.4 Å². The third-order valence-corrected chi connectivity index (χ3v) is 9.34. The molecular weight excluding hydrogens is 742 g/mol. The summed E-state index contributed by atoms with van der Waals surface area (Å²) in [5.74, 6) is -0.886. The van der Waals surface area contributed by atoms with Crippen molar-refractivity contribution in [2.45, 2.75) is 59.7 Å². The van der Waals surface area contributed by atoms with Gasteiger partial charge in [-0.3, -0.25) is 0 Å². The zero-order valence-corrected chi connectivity index (χ0v) is 29.6. The van der Waals surface area contributed by atoms with E-state index < -0.39 is 19.8 Å². The van der Waals surface area contributed by atoms with E-state index in [0.29, 0.717) is 28.5 Å². The summed E-state index contributed by atoms with van der Waals surface area (Å²) in [6, 6.07) is 25.8. The van der Waals surface area contributed by atoms with Crippen molar-refractivity contribution in [3.8, 4) is 22.5 Å². The first-order chi connectivity index (χ1) is 20.8. The fraction of sp³-hybridized carbons (Fsp3) is 0.270. The molecule has 44 heavy (non-hydrogen) atoms. The summed E-state index contributed by atoms with van der Waals surface area (Å²) in [6.07, 6.45) is 6.06. The number of rotatable bonds is 6. The molecule has 0 aliphatic rings. The number of hydrogen-bond donors (Lipinski definition) is 0. The minimum Gasteiger partial charge on any atom is -0.486 e. The van der Waals surface area contributed by atoms with Crippen molar-refractivity contribution in [2.75, 3.05) is 0 Å². The molecule has 4 nitrogen and oxygen atoms in total. The summed E-state index contributed by atoms with van der Waals surface area (Å²) in [4.78, 5) is 13.1. The third-order valence-electron chi connectivity index (χ3n) is 7.27. The minimum atomic E-state index is -1.34. The van der Waals surface area contributed by atoms with Crippen LogP contribution in [0.1, 0.15) is 46.1 Å². The fourth-order valence-corrected chi connectivity index (χ4v) is 6.80. The SMILES string of the molecule is CC(C)Cc1cc(-c2[c-]cccc2)ncc1[Si](C)(C)C.[2H]C(C)(C)c1cc(-c2[c-]ccc3c2oc2ncccc23)ncc1F.[Ir]. The van der Waals surface area contributed by atoms with Gasteiger partial charge in [0.1, 0.15) is 5.82 Å². The summed E-state index contributed by atoms with van der Waals surface area (Å²) in [6.45, 7) is 15.0. The molecule has 0 atom stereocenters. The van der Waals surface area contributed by atoms with Gasteiger partial charge in [0.2, 0.25) is 5.71 Å². The van der Waals surface area contributed by atoms with E-state index in [0.717, 1.165) is 34.6 Å². The molecule has 1 radical (unpaired) electrons. The molecule has 0 spiro atoms. The van der Waals surface area contributed by atoms with E-state index in [4.69, 9.17) is 5.79 Å². The van der Waals surface area contributed by atoms with Crippen LogP contribution in [-0.4, -0.2) is 23.0 Å². The van der Waals surface area contributed by atoms with E-state index >= 15 is 0 Å². The molecule has 6 rings (SSSR count). The molecule has 4 aromatic heterocycles. The summed E-state index contributed by atoms with van der Waals surface area (Å²) < 4.78 is 28.0. The Balaban J connectivity index is 0.000000204. The number of benzene rings is 2. The molecule has 229 valence electrons. The molecule has 7 heteroatoms. The molecule has 4 heterocycles. The maximum atomic E-state index is 14.0. The van der Waals surface area contributed by atoms with E-state index in [2.05, 4.69) is 78.9 Å². The van der Waals surface area contributed by atoms with E-state index in [1.54, 1.807) is 32.2 Å². The Morgan fingerprint density at radius 3 is 2.34 bits per heavy atom. The largest absolute Gasteiger partial charge is 0.486 e. The molecule has 0 saturated heterocycles. The van der Waals surface area contributed by atoms with Gasteiger partial charge >= 0.3 is 0 Å². The van der Waals surface area contributed by atoms with Crippen LogP contribution in [0.4, 0.5) is 4.39 Å². The first-order valence-corrected chi connectivity index (χ1v) is 18.1. The second kappa shape index (κ2) is 14.1. The molecular formula is C37H38FIrN3OSi-2. The molecule has 0 N–H and O–H groups in total. The van der Waals surface area contributed by atoms with Gasteiger partial charge in [-0.25, -0.2) is 9.37 Å². The van der Waals surface area contributed by atoms with Gasteiger partial charge in [0, 0.05) is 39.3 Å². The van der Waals surface area contributed by atoms with Gasteiger partial charge in [-0.1, -0.05) is 76.0 Å². The number of hydrogen-bond acceptors (Lipinski definition) is 4. The van der Waals surface area contributed by atoms with Crippen molar-refractivity contribution in [3.63, 3.8) is 0 Å². The van der Waals surface area contributed by atoms with Crippen LogP contribution in [0.15, 0.2) is 83.7 Å². The maximum Gasteiger partial charge on any atom is 0.216 e. The number of fused-ring (bicyclic) bond motifs is 3. The molecule has 0 fully saturated rings. The maximum absolute atomic E-state index is 14.0. The second-order valence-electron chi connectivity index (χ2n) is 12.5. The number of nitrogens with zero attached hydrogens (tertiary/aromatic N) is 3. The van der Waals surface area contributed by atoms with E-state index in [-0.39, 0.29) is 25.7 Å². The summed E-state index contributed by atoms with van der Waals surface area (Å²) in [7, 11) is -1.34. The van der Waals surface area contributed by atoms with Gasteiger partial charge < -0.3 is 14.4 Å². The fourth-order valence-electron chi connectivity index (χ4n) is 5.21. The predicted molar refractivity (Wildman–Crippen MR) is 178 cm³/mol. The molecule has 6 aromatic rings. The summed E-state index contributed by atoms with van der Waals surface area (Å²) >= 11 is 0. The first kappa shape index (κ1) is 31.9. The quantitative estimate of drug-likeness (QED) is 0.125. The average molecular weight is 781 g/mol. The number of furan rings is 1. The van der Waals surface area contributed by atoms with Crippen LogP contribution in [0.25, 0.3) is 44.6 Å². The van der Waals surface area contributed by atoms with Crippen LogP contribution in [0.2, 0.25) is 19.6 Å². The van der Waals surface area contributed by atoms with Crippen molar-refractivity contribution < 1.29 is 30.3 Å². The van der Waals surface area contributed by atoms with Crippen molar-refractivity contribution >= 4 is 35.3 Å². The number of halogens is 1. The second-order valence-corrected chi connectivity index (χ2v) is 17.5. The summed E-state index contributed by atoms with van der Waals surface area (Å²) in [5.41, 5.74) is 6.19. The molecule has 0 aliphatic carbocycles. The van der Waals surface area contributed by atoms with Gasteiger partial charge in [-0.2, -0.15) is 0 Å². The molecule has 0 saturated carbocycles. The predicted octanol–water partition coefficient (Wildman–Crippen LogP) is 9.40. The number of pyridine rings is 3. The average Bonchev–Trinajstić information content (AvgIpc) is 3.36. The Labute approximate surface area is 276 Å². The van der Waals surface area contributed by atoms with Gasteiger partial charge in [0.25, 0.3) is 0 Å². The van der Waals surface area contributed by atoms with Crippen LogP contribution in [0.5, 0.6) is 0 Å². The van der Waals surface area contributed by atoms with Gasteiger partial charge in [0.05, 0.1) is 19.9 Å². The van der Waals surface area contributed by atoms with Crippen molar-refractivity contribution in [2.24, 2.45) is 5.92 Å². The zero-order chi connectivity index (χ0) is 31.6. The van der Waals surface area contributed by atoms with Crippen molar-refractivity contribution in [1.29, 1.82) is 0 Å². The Kier molecular flexibility index (Phi) is 10.2. The van der Waals surface area contributed by atoms with Crippen LogP contribution in [0, 0.1) is 23.9 Å². The molecule has 0 aliphatic heterocycles. The van der Waals surface area contributed by atoms with Gasteiger partial charge in [0.15, 0.2) is 0 Å². The number of aromatic nitrogens is 3. The Bertz CT molecular complexity index is 1910. The Morgan fingerprint density at radius 2 is 1.66 bits per heavy atom. The Hall–Kier alpha value is -3.51. The summed E-state index contributed by atoms with van der Waals surface area (Å²) in [5, 5.41) is 3.31. The van der Waals surface area contributed by atoms with Crippen LogP contribution < -0.4 is 5.19 Å². The third kappa shape index (κ3) is 7.40. The molecule has 0 bridgehead atoms. The van der Waals surface area contributed by atoms with Crippen LogP contribution in [-0.2, 0) is 26.5 Å². The van der Waals surface area contributed by atoms with Crippen molar-refractivity contribution in [1.82, 2.24) is 15.0 Å². The van der Waals surface area contributed by atoms with Crippen LogP contribution in [0.3, 0.4) is 0 Å².